The maximum absolute atomic E-state index is 12.7. The third-order valence-corrected chi connectivity index (χ3v) is 16.3. The molecule has 0 spiro atoms. The topological polar surface area (TPSA) is 215 Å². The van der Waals surface area contributed by atoms with Crippen molar-refractivity contribution in [1.29, 1.82) is 0 Å². The average molecular weight is 913 g/mol. The van der Waals surface area contributed by atoms with E-state index in [0.717, 1.165) is 86.7 Å². The smallest absolute Gasteiger partial charge is 0.319 e. The lowest BCUT2D eigenvalue weighted by molar-refractivity contribution is 0.175. The standard InChI is InChI=1S/C23H28N4O4S.C13H13NO.C10H15N3O3S/c1-26-9-8-15(10-21(26)28)12-27-13-18(14-27)32(30,31)25-23(29)24-22-19-6-2-4-16(19)11-17-5-3-7-20(17)22;15-8-14-13-11-5-1-3-9(11)7-10-4-2-6-12(10)13;1-12-3-2-8(4-10(12)14)5-13-6-9(7-13)17(11,15)16/h8-11,18H,2-7,12-14H2,1H3,(H2,24,25,29);7H,1-6H2;2-4,9H,5-7H2,1H3,(H2,11,15,16). The number of aliphatic imine (C=N–C) groups is 1. The summed E-state index contributed by atoms with van der Waals surface area (Å²) in [6.07, 6.45) is 18.0. The number of fused-ring (bicyclic) bond motifs is 4. The molecule has 4 N–H and O–H groups in total. The van der Waals surface area contributed by atoms with E-state index in [0.29, 0.717) is 39.3 Å². The van der Waals surface area contributed by atoms with E-state index in [1.807, 2.05) is 21.9 Å². The van der Waals surface area contributed by atoms with Gasteiger partial charge in [0.1, 0.15) is 10.5 Å². The van der Waals surface area contributed by atoms with Crippen molar-refractivity contribution in [2.75, 3.05) is 31.5 Å². The minimum atomic E-state index is -3.78. The van der Waals surface area contributed by atoms with E-state index in [1.165, 1.54) is 66.5 Å². The highest BCUT2D eigenvalue weighted by atomic mass is 32.2. The Hall–Kier alpha value is -5.23. The minimum Gasteiger partial charge on any atom is -0.319 e. The van der Waals surface area contributed by atoms with Crippen molar-refractivity contribution in [2.45, 2.75) is 101 Å². The zero-order valence-electron chi connectivity index (χ0n) is 36.4. The number of hydrogen-bond acceptors (Lipinski definition) is 11. The molecule has 2 fully saturated rings. The Balaban J connectivity index is 0.000000146. The molecule has 2 amide bonds. The Labute approximate surface area is 373 Å². The van der Waals surface area contributed by atoms with Gasteiger partial charge in [0.2, 0.25) is 26.1 Å². The molecular formula is C46H56N8O8S2. The fourth-order valence-corrected chi connectivity index (χ4v) is 12.0. The summed E-state index contributed by atoms with van der Waals surface area (Å²) in [6, 6.07) is 10.8. The van der Waals surface area contributed by atoms with Crippen molar-refractivity contribution in [1.82, 2.24) is 23.7 Å². The van der Waals surface area contributed by atoms with E-state index < -0.39 is 36.6 Å². The number of nitrogens with two attached hydrogens (primary N) is 1. The Morgan fingerprint density at radius 2 is 1.09 bits per heavy atom. The summed E-state index contributed by atoms with van der Waals surface area (Å²) < 4.78 is 52.7. The lowest BCUT2D eigenvalue weighted by atomic mass is 9.99. The number of amides is 2. The molecule has 0 saturated carbocycles. The molecule has 2 aliphatic heterocycles. The highest BCUT2D eigenvalue weighted by Gasteiger charge is 2.39. The van der Waals surface area contributed by atoms with Crippen molar-refractivity contribution in [3.05, 3.63) is 125 Å². The molecule has 2 saturated heterocycles. The molecule has 18 heteroatoms. The number of pyridine rings is 2. The summed E-state index contributed by atoms with van der Waals surface area (Å²) in [7, 11) is -3.82. The number of anilines is 1. The molecule has 2 aromatic heterocycles. The van der Waals surface area contributed by atoms with E-state index in [2.05, 4.69) is 27.2 Å². The molecule has 16 nitrogen and oxygen atoms in total. The first kappa shape index (κ1) is 45.3. The predicted molar refractivity (Wildman–Crippen MR) is 244 cm³/mol. The normalized spacial score (nSPS) is 17.9. The van der Waals surface area contributed by atoms with Gasteiger partial charge in [-0.15, -0.1) is 0 Å². The molecule has 0 unspecified atom stereocenters. The fraction of sp³-hybridized carbons (Fsp3) is 0.478. The molecule has 4 aliphatic carbocycles. The number of benzene rings is 2. The molecule has 2 aromatic carbocycles. The molecule has 340 valence electrons. The number of urea groups is 1. The van der Waals surface area contributed by atoms with Gasteiger partial charge in [-0.2, -0.15) is 4.99 Å². The third kappa shape index (κ3) is 10.0. The van der Waals surface area contributed by atoms with Crippen LogP contribution in [0.15, 0.2) is 63.4 Å². The maximum Gasteiger partial charge on any atom is 0.332 e. The van der Waals surface area contributed by atoms with Crippen LogP contribution in [0.3, 0.4) is 0 Å². The lowest BCUT2D eigenvalue weighted by Crippen LogP contribution is -2.58. The number of carbonyl (C=O) groups is 1. The van der Waals surface area contributed by atoms with Crippen LogP contribution >= 0.6 is 0 Å². The van der Waals surface area contributed by atoms with E-state index >= 15 is 0 Å². The second-order valence-corrected chi connectivity index (χ2v) is 21.7. The Kier molecular flexibility index (Phi) is 13.3. The summed E-state index contributed by atoms with van der Waals surface area (Å²) in [4.78, 5) is 54.1. The van der Waals surface area contributed by atoms with Crippen molar-refractivity contribution in [3.63, 3.8) is 0 Å². The van der Waals surface area contributed by atoms with Gasteiger partial charge in [-0.1, -0.05) is 12.1 Å². The summed E-state index contributed by atoms with van der Waals surface area (Å²) >= 11 is 0. The first-order chi connectivity index (χ1) is 30.6. The number of nitrogens with zero attached hydrogens (tertiary/aromatic N) is 5. The van der Waals surface area contributed by atoms with E-state index in [9.17, 15) is 36.0 Å². The molecular weight excluding hydrogens is 857 g/mol. The van der Waals surface area contributed by atoms with Crippen LogP contribution in [-0.2, 0) is 103 Å². The van der Waals surface area contributed by atoms with Crippen LogP contribution in [-0.4, -0.2) is 84.6 Å². The van der Waals surface area contributed by atoms with E-state index in [-0.39, 0.29) is 11.1 Å². The van der Waals surface area contributed by atoms with Crippen molar-refractivity contribution < 1.29 is 26.4 Å². The number of primary sulfonamides is 1. The van der Waals surface area contributed by atoms with Crippen molar-refractivity contribution in [3.8, 4) is 0 Å². The summed E-state index contributed by atoms with van der Waals surface area (Å²) in [5.41, 5.74) is 13.8. The van der Waals surface area contributed by atoms with Gasteiger partial charge in [0.25, 0.3) is 11.1 Å². The first-order valence-electron chi connectivity index (χ1n) is 22.1. The van der Waals surface area contributed by atoms with Crippen LogP contribution in [0.25, 0.3) is 0 Å². The zero-order chi connectivity index (χ0) is 45.3. The van der Waals surface area contributed by atoms with Gasteiger partial charge < -0.3 is 14.5 Å². The number of aromatic nitrogens is 2. The minimum absolute atomic E-state index is 0.0639. The number of hydrogen-bond donors (Lipinski definition) is 3. The van der Waals surface area contributed by atoms with E-state index in [4.69, 9.17) is 5.14 Å². The molecule has 6 aliphatic rings. The van der Waals surface area contributed by atoms with Gasteiger partial charge in [-0.25, -0.2) is 36.3 Å². The molecule has 64 heavy (non-hydrogen) atoms. The zero-order valence-corrected chi connectivity index (χ0v) is 38.0. The van der Waals surface area contributed by atoms with Crippen LogP contribution in [0.5, 0.6) is 0 Å². The number of isocyanates is 1. The number of likely N-dealkylation sites (tertiary alicyclic amines) is 2. The molecule has 4 heterocycles. The number of rotatable bonds is 9. The number of carbonyl (C=O) groups excluding carboxylic acids is 2. The van der Waals surface area contributed by atoms with Gasteiger partial charge >= 0.3 is 6.03 Å². The van der Waals surface area contributed by atoms with Gasteiger partial charge in [0.05, 0.1) is 5.69 Å². The van der Waals surface area contributed by atoms with Crippen LogP contribution in [0.2, 0.25) is 0 Å². The first-order valence-corrected chi connectivity index (χ1v) is 25.2. The Bertz CT molecular complexity index is 2810. The molecule has 4 aromatic rings. The van der Waals surface area contributed by atoms with Crippen molar-refractivity contribution in [2.24, 2.45) is 24.2 Å². The number of sulfonamides is 2. The number of aryl methyl sites for hydroxylation is 6. The largest absolute Gasteiger partial charge is 0.332 e. The predicted octanol–water partition coefficient (Wildman–Crippen LogP) is 3.19. The summed E-state index contributed by atoms with van der Waals surface area (Å²) in [5, 5.41) is 6.81. The van der Waals surface area contributed by atoms with Crippen molar-refractivity contribution >= 4 is 43.5 Å². The van der Waals surface area contributed by atoms with Gasteiger partial charge in [0, 0.05) is 83.6 Å². The summed E-state index contributed by atoms with van der Waals surface area (Å²) in [6.45, 7) is 2.63. The number of nitrogens with one attached hydrogen (secondary N) is 2. The highest BCUT2D eigenvalue weighted by Crippen LogP contribution is 2.40. The molecule has 0 radical (unpaired) electrons. The van der Waals surface area contributed by atoms with E-state index in [1.54, 1.807) is 44.7 Å². The van der Waals surface area contributed by atoms with Crippen LogP contribution in [0.1, 0.15) is 81.3 Å². The van der Waals surface area contributed by atoms with Gasteiger partial charge in [0.15, 0.2) is 0 Å². The third-order valence-electron chi connectivity index (χ3n) is 13.4. The monoisotopic (exact) mass is 912 g/mol. The second kappa shape index (κ2) is 18.7. The SMILES string of the molecule is Cn1ccc(CN2CC(S(=O)(=O)NC(=O)Nc3c4c(cc5c3CCC5)CCC4)C2)cc1=O.Cn1ccc(CN2CC(S(N)(=O)=O)C2)cc1=O.O=C=Nc1c2c(cc3c1CCC3)CCC2. The van der Waals surface area contributed by atoms with Gasteiger partial charge in [-0.05, 0) is 145 Å². The van der Waals surface area contributed by atoms with Gasteiger partial charge in [-0.3, -0.25) is 19.4 Å². The summed E-state index contributed by atoms with van der Waals surface area (Å²) in [5.74, 6) is 0. The quantitative estimate of drug-likeness (QED) is 0.165. The molecule has 0 atom stereocenters. The maximum atomic E-state index is 12.7. The van der Waals surface area contributed by atoms with Crippen LogP contribution in [0.4, 0.5) is 16.2 Å². The lowest BCUT2D eigenvalue weighted by Gasteiger charge is -2.38. The Morgan fingerprint density at radius 1 is 0.672 bits per heavy atom. The fourth-order valence-electron chi connectivity index (χ4n) is 9.88. The molecule has 10 rings (SSSR count). The molecule has 0 bridgehead atoms. The highest BCUT2D eigenvalue weighted by molar-refractivity contribution is 7.90. The average Bonchev–Trinajstić information content (AvgIpc) is 4.05. The second-order valence-electron chi connectivity index (χ2n) is 17.9. The van der Waals surface area contributed by atoms with Crippen LogP contribution < -0.4 is 26.3 Å². The Morgan fingerprint density at radius 3 is 1.52 bits per heavy atom. The van der Waals surface area contributed by atoms with Crippen LogP contribution in [0, 0.1) is 0 Å².